The fraction of sp³-hybridized carbons (Fsp3) is 0.870. The van der Waals surface area contributed by atoms with Crippen LogP contribution in [0.25, 0.3) is 0 Å². The molecule has 0 N–H and O–H groups in total. The molecule has 5 atom stereocenters. The fourth-order valence-electron chi connectivity index (χ4n) is 4.28. The van der Waals surface area contributed by atoms with Crippen LogP contribution in [0.4, 0.5) is 0 Å². The average molecular weight is 425 g/mol. The molecule has 166 valence electrons. The van der Waals surface area contributed by atoms with Crippen molar-refractivity contribution in [1.29, 1.82) is 0 Å². The van der Waals surface area contributed by atoms with Crippen LogP contribution in [-0.4, -0.2) is 45.5 Å². The highest BCUT2D eigenvalue weighted by molar-refractivity contribution is 6.74. The van der Waals surface area contributed by atoms with Gasteiger partial charge >= 0.3 is 5.97 Å². The highest BCUT2D eigenvalue weighted by atomic mass is 28.4. The topological polar surface area (TPSA) is 54.0 Å². The molecule has 3 aliphatic rings. The van der Waals surface area contributed by atoms with E-state index in [0.717, 1.165) is 0 Å². The lowest BCUT2D eigenvalue weighted by atomic mass is 9.74. The van der Waals surface area contributed by atoms with Gasteiger partial charge in [-0.25, -0.2) is 0 Å². The molecule has 5 nitrogen and oxygen atoms in total. The van der Waals surface area contributed by atoms with Gasteiger partial charge in [0.1, 0.15) is 6.10 Å². The van der Waals surface area contributed by atoms with Gasteiger partial charge in [-0.15, -0.1) is 0 Å². The number of ether oxygens (including phenoxy) is 3. The lowest BCUT2D eigenvalue weighted by Gasteiger charge is -2.46. The van der Waals surface area contributed by atoms with E-state index in [4.69, 9.17) is 18.6 Å². The third-order valence-corrected chi connectivity index (χ3v) is 12.0. The Kier molecular flexibility index (Phi) is 5.92. The number of carbonyl (C=O) groups excluding carboxylic acids is 1. The first-order chi connectivity index (χ1) is 13.2. The minimum absolute atomic E-state index is 0.0222. The van der Waals surface area contributed by atoms with Crippen molar-refractivity contribution in [2.75, 3.05) is 13.2 Å². The lowest BCUT2D eigenvalue weighted by molar-refractivity contribution is -0.308. The molecular formula is C23H40O5Si. The number of esters is 1. The summed E-state index contributed by atoms with van der Waals surface area (Å²) in [6.45, 7) is 20.8. The van der Waals surface area contributed by atoms with Gasteiger partial charge in [-0.3, -0.25) is 4.79 Å². The summed E-state index contributed by atoms with van der Waals surface area (Å²) in [4.78, 5) is 12.7. The van der Waals surface area contributed by atoms with Crippen LogP contribution < -0.4 is 0 Å². The molecule has 2 heterocycles. The summed E-state index contributed by atoms with van der Waals surface area (Å²) in [6, 6.07) is 0. The molecule has 0 spiro atoms. The Hall–Kier alpha value is -0.693. The summed E-state index contributed by atoms with van der Waals surface area (Å²) < 4.78 is 24.7. The molecule has 2 aliphatic heterocycles. The van der Waals surface area contributed by atoms with Crippen LogP contribution in [0, 0.1) is 23.2 Å². The Labute approximate surface area is 177 Å². The van der Waals surface area contributed by atoms with Crippen LogP contribution in [0.15, 0.2) is 12.2 Å². The Bertz CT molecular complexity index is 653. The molecule has 0 aromatic rings. The first-order valence-electron chi connectivity index (χ1n) is 11.0. The Morgan fingerprint density at radius 2 is 1.72 bits per heavy atom. The van der Waals surface area contributed by atoms with Gasteiger partial charge in [0.2, 0.25) is 0 Å². The Morgan fingerprint density at radius 1 is 1.14 bits per heavy atom. The van der Waals surface area contributed by atoms with E-state index < -0.39 is 14.1 Å². The largest absolute Gasteiger partial charge is 0.459 e. The molecule has 0 aromatic heterocycles. The highest BCUT2D eigenvalue weighted by Crippen LogP contribution is 2.46. The maximum Gasteiger partial charge on any atom is 0.310 e. The summed E-state index contributed by atoms with van der Waals surface area (Å²) in [5.74, 6) is -0.845. The zero-order chi connectivity index (χ0) is 21.8. The highest BCUT2D eigenvalue weighted by Gasteiger charge is 2.53. The molecule has 1 aliphatic carbocycles. The molecule has 2 saturated heterocycles. The molecular weight excluding hydrogens is 384 g/mol. The molecule has 6 heteroatoms. The van der Waals surface area contributed by atoms with E-state index >= 15 is 0 Å². The number of cyclic esters (lactones) is 1. The van der Waals surface area contributed by atoms with E-state index in [0.29, 0.717) is 19.6 Å². The van der Waals surface area contributed by atoms with Crippen LogP contribution in [0.3, 0.4) is 0 Å². The second-order valence-corrected chi connectivity index (χ2v) is 16.4. The first kappa shape index (κ1) is 23.0. The van der Waals surface area contributed by atoms with E-state index in [-0.39, 0.29) is 46.4 Å². The monoisotopic (exact) mass is 424 g/mol. The van der Waals surface area contributed by atoms with Crippen molar-refractivity contribution in [2.24, 2.45) is 23.2 Å². The van der Waals surface area contributed by atoms with Crippen molar-refractivity contribution in [1.82, 2.24) is 0 Å². The van der Waals surface area contributed by atoms with Gasteiger partial charge in [-0.1, -0.05) is 46.8 Å². The zero-order valence-electron chi connectivity index (χ0n) is 19.7. The maximum atomic E-state index is 12.7. The van der Waals surface area contributed by atoms with Crippen molar-refractivity contribution in [3.63, 3.8) is 0 Å². The smallest absolute Gasteiger partial charge is 0.310 e. The van der Waals surface area contributed by atoms with Crippen LogP contribution in [0.5, 0.6) is 0 Å². The minimum Gasteiger partial charge on any atom is -0.459 e. The van der Waals surface area contributed by atoms with E-state index in [1.807, 2.05) is 6.92 Å². The van der Waals surface area contributed by atoms with E-state index in [1.165, 1.54) is 0 Å². The zero-order valence-corrected chi connectivity index (χ0v) is 20.7. The number of hydrogen-bond acceptors (Lipinski definition) is 5. The third kappa shape index (κ3) is 4.50. The van der Waals surface area contributed by atoms with Crippen molar-refractivity contribution in [3.8, 4) is 0 Å². The molecule has 29 heavy (non-hydrogen) atoms. The number of rotatable bonds is 4. The number of carbonyl (C=O) groups is 1. The molecule has 0 saturated carbocycles. The summed E-state index contributed by atoms with van der Waals surface area (Å²) in [7, 11) is -1.94. The molecule has 0 bridgehead atoms. The van der Waals surface area contributed by atoms with Gasteiger partial charge < -0.3 is 18.6 Å². The van der Waals surface area contributed by atoms with E-state index in [2.05, 4.69) is 66.8 Å². The fourth-order valence-corrected chi connectivity index (χ4v) is 5.70. The normalized spacial score (nSPS) is 35.1. The van der Waals surface area contributed by atoms with Gasteiger partial charge in [-0.05, 0) is 38.4 Å². The molecule has 2 fully saturated rings. The molecule has 0 radical (unpaired) electrons. The summed E-state index contributed by atoms with van der Waals surface area (Å²) in [5, 5.41) is 0.120. The first-order valence-corrected chi connectivity index (χ1v) is 13.9. The second kappa shape index (κ2) is 7.47. The van der Waals surface area contributed by atoms with E-state index in [1.54, 1.807) is 0 Å². The summed E-state index contributed by atoms with van der Waals surface area (Å²) in [5.41, 5.74) is 0.0222. The van der Waals surface area contributed by atoms with Gasteiger partial charge in [0.05, 0.1) is 25.2 Å². The van der Waals surface area contributed by atoms with Crippen molar-refractivity contribution in [3.05, 3.63) is 12.2 Å². The van der Waals surface area contributed by atoms with Crippen molar-refractivity contribution >= 4 is 14.3 Å². The van der Waals surface area contributed by atoms with Crippen LogP contribution in [0.2, 0.25) is 18.1 Å². The number of fused-ring (bicyclic) bond motifs is 1. The molecule has 0 aromatic carbocycles. The quantitative estimate of drug-likeness (QED) is 0.364. The molecule has 0 amide bonds. The van der Waals surface area contributed by atoms with Gasteiger partial charge in [-0.2, -0.15) is 0 Å². The van der Waals surface area contributed by atoms with E-state index in [9.17, 15) is 4.79 Å². The third-order valence-electron chi connectivity index (χ3n) is 7.39. The summed E-state index contributed by atoms with van der Waals surface area (Å²) in [6.07, 6.45) is 4.68. The predicted molar refractivity (Wildman–Crippen MR) is 116 cm³/mol. The van der Waals surface area contributed by atoms with Crippen LogP contribution >= 0.6 is 0 Å². The van der Waals surface area contributed by atoms with Gasteiger partial charge in [0.15, 0.2) is 14.1 Å². The Morgan fingerprint density at radius 3 is 2.28 bits per heavy atom. The van der Waals surface area contributed by atoms with Crippen molar-refractivity contribution in [2.45, 2.75) is 91.0 Å². The summed E-state index contributed by atoms with van der Waals surface area (Å²) >= 11 is 0. The Balaban J connectivity index is 1.72. The molecule has 0 unspecified atom stereocenters. The minimum atomic E-state index is -1.94. The average Bonchev–Trinajstić information content (AvgIpc) is 2.93. The molecule has 3 rings (SSSR count). The number of hydrogen-bond donors (Lipinski definition) is 0. The van der Waals surface area contributed by atoms with Crippen LogP contribution in [-0.2, 0) is 23.4 Å². The van der Waals surface area contributed by atoms with Gasteiger partial charge in [0.25, 0.3) is 0 Å². The van der Waals surface area contributed by atoms with Crippen LogP contribution in [0.1, 0.15) is 54.9 Å². The SMILES string of the molecule is C[C@H](O[Si](C)(C)C(C)(C)C)[C@@H]1OC(=O)[C@H]2C[C@@H](C3(C)OCC(C)(C)CO3)C=C[C@@H]12. The second-order valence-electron chi connectivity index (χ2n) is 11.7. The van der Waals surface area contributed by atoms with Gasteiger partial charge in [0, 0.05) is 17.3 Å². The lowest BCUT2D eigenvalue weighted by Crippen LogP contribution is -2.51. The van der Waals surface area contributed by atoms with Crippen molar-refractivity contribution < 1.29 is 23.4 Å². The maximum absolute atomic E-state index is 12.7. The standard InChI is InChI=1S/C23H40O5Si/c1-15(28-29(8,9)21(2,3)4)19-17-11-10-16(12-18(17)20(24)27-19)23(7)25-13-22(5,6)14-26-23/h10-11,15-19H,12-14H2,1-9H3/t15-,16-,17+,18-,19-/m0/s1. The predicted octanol–water partition coefficient (Wildman–Crippen LogP) is 4.92.